The number of carbonyl (C=O) groups is 1. The molecule has 0 atom stereocenters. The minimum Gasteiger partial charge on any atom is -0.481 e. The zero-order valence-electron chi connectivity index (χ0n) is 8.88. The van der Waals surface area contributed by atoms with Crippen molar-refractivity contribution in [3.05, 3.63) is 52.7 Å². The van der Waals surface area contributed by atoms with E-state index in [0.29, 0.717) is 0 Å². The molecule has 0 fully saturated rings. The van der Waals surface area contributed by atoms with E-state index in [1.807, 2.05) is 0 Å². The molecule has 0 unspecified atom stereocenters. The third kappa shape index (κ3) is 2.57. The maximum atomic E-state index is 11.4. The molecule has 2 aromatic rings. The van der Waals surface area contributed by atoms with Crippen LogP contribution in [0, 0.1) is 0 Å². The second-order valence-electron chi connectivity index (χ2n) is 3.55. The number of H-pyrrole nitrogens is 1. The molecule has 86 valence electrons. The average Bonchev–Trinajstić information content (AvgIpc) is 2.32. The van der Waals surface area contributed by atoms with Crippen LogP contribution in [0.1, 0.15) is 5.56 Å². The van der Waals surface area contributed by atoms with Crippen molar-refractivity contribution in [1.82, 2.24) is 9.97 Å². The fraction of sp³-hybridized carbons (Fsp3) is 0.0833. The monoisotopic (exact) mass is 230 g/mol. The van der Waals surface area contributed by atoms with Gasteiger partial charge >= 0.3 is 5.97 Å². The summed E-state index contributed by atoms with van der Waals surface area (Å²) in [6.45, 7) is 0. The van der Waals surface area contributed by atoms with Crippen molar-refractivity contribution >= 4 is 5.97 Å². The Morgan fingerprint density at radius 2 is 2.00 bits per heavy atom. The Kier molecular flexibility index (Phi) is 3.00. The standard InChI is InChI=1S/C12H10N2O3/c15-11(16)6-9-5-10(7-14-12(9)17)8-1-3-13-4-2-8/h1-5,7H,6H2,(H,14,17)(H,15,16). The van der Waals surface area contributed by atoms with Crippen LogP contribution in [-0.4, -0.2) is 21.0 Å². The topological polar surface area (TPSA) is 83.0 Å². The second kappa shape index (κ2) is 4.61. The van der Waals surface area contributed by atoms with Gasteiger partial charge in [0, 0.05) is 24.2 Å². The van der Waals surface area contributed by atoms with Crippen molar-refractivity contribution in [3.63, 3.8) is 0 Å². The van der Waals surface area contributed by atoms with Gasteiger partial charge in [0.25, 0.3) is 5.56 Å². The Labute approximate surface area is 96.8 Å². The maximum absolute atomic E-state index is 11.4. The number of nitrogens with zero attached hydrogens (tertiary/aromatic N) is 1. The number of rotatable bonds is 3. The first kappa shape index (κ1) is 11.1. The van der Waals surface area contributed by atoms with Crippen molar-refractivity contribution < 1.29 is 9.90 Å². The summed E-state index contributed by atoms with van der Waals surface area (Å²) in [5.74, 6) is -1.03. The Morgan fingerprint density at radius 3 is 2.65 bits per heavy atom. The fourth-order valence-corrected chi connectivity index (χ4v) is 1.54. The second-order valence-corrected chi connectivity index (χ2v) is 3.55. The molecule has 0 aliphatic rings. The van der Waals surface area contributed by atoms with E-state index in [1.165, 1.54) is 0 Å². The zero-order chi connectivity index (χ0) is 12.3. The van der Waals surface area contributed by atoms with Crippen molar-refractivity contribution in [1.29, 1.82) is 0 Å². The molecule has 0 saturated heterocycles. The van der Waals surface area contributed by atoms with Gasteiger partial charge in [-0.2, -0.15) is 0 Å². The Bertz CT molecular complexity index is 590. The maximum Gasteiger partial charge on any atom is 0.308 e. The van der Waals surface area contributed by atoms with E-state index in [-0.39, 0.29) is 17.5 Å². The highest BCUT2D eigenvalue weighted by atomic mass is 16.4. The van der Waals surface area contributed by atoms with Crippen molar-refractivity contribution in [2.45, 2.75) is 6.42 Å². The molecular formula is C12H10N2O3. The largest absolute Gasteiger partial charge is 0.481 e. The van der Waals surface area contributed by atoms with E-state index in [2.05, 4.69) is 9.97 Å². The first-order valence-corrected chi connectivity index (χ1v) is 5.00. The van der Waals surface area contributed by atoms with Gasteiger partial charge in [0.1, 0.15) is 0 Å². The molecule has 0 spiro atoms. The van der Waals surface area contributed by atoms with Crippen LogP contribution in [0.3, 0.4) is 0 Å². The molecular weight excluding hydrogens is 220 g/mol. The number of aliphatic carboxylic acids is 1. The summed E-state index contributed by atoms with van der Waals surface area (Å²) in [6, 6.07) is 5.17. The number of hydrogen-bond acceptors (Lipinski definition) is 3. The smallest absolute Gasteiger partial charge is 0.308 e. The predicted molar refractivity (Wildman–Crippen MR) is 61.6 cm³/mol. The minimum atomic E-state index is -1.03. The number of nitrogens with one attached hydrogen (secondary N) is 1. The van der Waals surface area contributed by atoms with Gasteiger partial charge in [-0.05, 0) is 29.3 Å². The SMILES string of the molecule is O=C(O)Cc1cc(-c2ccncc2)c[nH]c1=O. The molecule has 0 amide bonds. The van der Waals surface area contributed by atoms with Crippen LogP contribution in [0.25, 0.3) is 11.1 Å². The lowest BCUT2D eigenvalue weighted by Gasteiger charge is -2.02. The van der Waals surface area contributed by atoms with Gasteiger partial charge in [0.2, 0.25) is 0 Å². The summed E-state index contributed by atoms with van der Waals surface area (Å²) >= 11 is 0. The van der Waals surface area contributed by atoms with E-state index in [9.17, 15) is 9.59 Å². The highest BCUT2D eigenvalue weighted by molar-refractivity contribution is 5.71. The van der Waals surface area contributed by atoms with Gasteiger partial charge in [0.05, 0.1) is 6.42 Å². The van der Waals surface area contributed by atoms with Crippen LogP contribution < -0.4 is 5.56 Å². The molecule has 0 bridgehead atoms. The first-order chi connectivity index (χ1) is 8.16. The lowest BCUT2D eigenvalue weighted by Crippen LogP contribution is -2.15. The van der Waals surface area contributed by atoms with Gasteiger partial charge in [-0.1, -0.05) is 0 Å². The van der Waals surface area contributed by atoms with Gasteiger partial charge < -0.3 is 10.1 Å². The van der Waals surface area contributed by atoms with E-state index >= 15 is 0 Å². The summed E-state index contributed by atoms with van der Waals surface area (Å²) < 4.78 is 0. The molecule has 0 aromatic carbocycles. The molecule has 2 heterocycles. The van der Waals surface area contributed by atoms with Gasteiger partial charge in [-0.15, -0.1) is 0 Å². The summed E-state index contributed by atoms with van der Waals surface area (Å²) in [5, 5.41) is 8.69. The number of pyridine rings is 2. The number of aromatic amines is 1. The number of aromatic nitrogens is 2. The molecule has 2 N–H and O–H groups in total. The summed E-state index contributed by atoms with van der Waals surface area (Å²) in [4.78, 5) is 28.4. The molecule has 0 radical (unpaired) electrons. The normalized spacial score (nSPS) is 10.1. The van der Waals surface area contributed by atoms with Crippen molar-refractivity contribution in [2.24, 2.45) is 0 Å². The Balaban J connectivity index is 2.44. The quantitative estimate of drug-likeness (QED) is 0.826. The molecule has 0 aliphatic heterocycles. The highest BCUT2D eigenvalue weighted by Crippen LogP contribution is 2.16. The third-order valence-electron chi connectivity index (χ3n) is 2.34. The van der Waals surface area contributed by atoms with Gasteiger partial charge in [-0.3, -0.25) is 14.6 Å². The third-order valence-corrected chi connectivity index (χ3v) is 2.34. The van der Waals surface area contributed by atoms with Crippen LogP contribution in [0.2, 0.25) is 0 Å². The number of carboxylic acids is 1. The molecule has 2 rings (SSSR count). The van der Waals surface area contributed by atoms with Crippen molar-refractivity contribution in [3.8, 4) is 11.1 Å². The zero-order valence-corrected chi connectivity index (χ0v) is 8.88. The van der Waals surface area contributed by atoms with Crippen molar-refractivity contribution in [2.75, 3.05) is 0 Å². The van der Waals surface area contributed by atoms with E-state index in [1.54, 1.807) is 36.8 Å². The van der Waals surface area contributed by atoms with E-state index < -0.39 is 5.97 Å². The molecule has 5 heteroatoms. The lowest BCUT2D eigenvalue weighted by molar-refractivity contribution is -0.136. The molecule has 2 aromatic heterocycles. The average molecular weight is 230 g/mol. The molecule has 5 nitrogen and oxygen atoms in total. The number of hydrogen-bond donors (Lipinski definition) is 2. The van der Waals surface area contributed by atoms with Crippen LogP contribution in [0.4, 0.5) is 0 Å². The predicted octanol–water partition coefficient (Wildman–Crippen LogP) is 1.06. The van der Waals surface area contributed by atoms with Crippen LogP contribution >= 0.6 is 0 Å². The highest BCUT2D eigenvalue weighted by Gasteiger charge is 2.07. The Morgan fingerprint density at radius 1 is 1.29 bits per heavy atom. The summed E-state index contributed by atoms with van der Waals surface area (Å²) in [6.07, 6.45) is 4.55. The van der Waals surface area contributed by atoms with Crippen LogP contribution in [0.15, 0.2) is 41.6 Å². The fourth-order valence-electron chi connectivity index (χ4n) is 1.54. The summed E-state index contributed by atoms with van der Waals surface area (Å²) in [5.41, 5.74) is 1.52. The molecule has 0 aliphatic carbocycles. The first-order valence-electron chi connectivity index (χ1n) is 5.00. The van der Waals surface area contributed by atoms with Crippen LogP contribution in [-0.2, 0) is 11.2 Å². The minimum absolute atomic E-state index is 0.242. The number of carboxylic acid groups (broad SMARTS) is 1. The molecule has 0 saturated carbocycles. The summed E-state index contributed by atoms with van der Waals surface area (Å²) in [7, 11) is 0. The van der Waals surface area contributed by atoms with Gasteiger partial charge in [-0.25, -0.2) is 0 Å². The van der Waals surface area contributed by atoms with E-state index in [0.717, 1.165) is 11.1 Å². The van der Waals surface area contributed by atoms with Crippen LogP contribution in [0.5, 0.6) is 0 Å². The Hall–Kier alpha value is -2.43. The lowest BCUT2D eigenvalue weighted by atomic mass is 10.1. The van der Waals surface area contributed by atoms with E-state index in [4.69, 9.17) is 5.11 Å². The van der Waals surface area contributed by atoms with Gasteiger partial charge in [0.15, 0.2) is 0 Å². The molecule has 17 heavy (non-hydrogen) atoms.